The van der Waals surface area contributed by atoms with Crippen molar-refractivity contribution in [2.24, 2.45) is 0 Å². The zero-order valence-corrected chi connectivity index (χ0v) is 10.9. The summed E-state index contributed by atoms with van der Waals surface area (Å²) in [4.78, 5) is 0. The highest BCUT2D eigenvalue weighted by Crippen LogP contribution is 2.37. The van der Waals surface area contributed by atoms with Crippen LogP contribution in [-0.2, 0) is 0 Å². The molecule has 2 heterocycles. The molecular formula is C13H17BrN2. The Morgan fingerprint density at radius 3 is 2.94 bits per heavy atom. The third kappa shape index (κ3) is 1.87. The molecule has 0 radical (unpaired) electrons. The minimum atomic E-state index is 0.696. The quantitative estimate of drug-likeness (QED) is 0.826. The monoisotopic (exact) mass is 280 g/mol. The third-order valence-corrected chi connectivity index (χ3v) is 4.26. The van der Waals surface area contributed by atoms with Crippen molar-refractivity contribution in [1.29, 1.82) is 0 Å². The summed E-state index contributed by atoms with van der Waals surface area (Å²) in [5.41, 5.74) is 2.81. The van der Waals surface area contributed by atoms with Gasteiger partial charge in [-0.3, -0.25) is 0 Å². The Morgan fingerprint density at radius 2 is 2.12 bits per heavy atom. The first-order valence-corrected chi connectivity index (χ1v) is 6.90. The van der Waals surface area contributed by atoms with Crippen LogP contribution in [0.5, 0.6) is 0 Å². The number of benzene rings is 1. The minimum Gasteiger partial charge on any atom is -0.385 e. The van der Waals surface area contributed by atoms with Gasteiger partial charge in [0.05, 0.1) is 0 Å². The van der Waals surface area contributed by atoms with E-state index in [4.69, 9.17) is 0 Å². The van der Waals surface area contributed by atoms with Gasteiger partial charge in [0, 0.05) is 28.7 Å². The van der Waals surface area contributed by atoms with E-state index >= 15 is 0 Å². The van der Waals surface area contributed by atoms with Crippen LogP contribution in [0.3, 0.4) is 0 Å². The third-order valence-electron chi connectivity index (χ3n) is 3.77. The molecule has 2 unspecified atom stereocenters. The number of fused-ring (bicyclic) bond motifs is 1. The smallest absolute Gasteiger partial charge is 0.0387 e. The van der Waals surface area contributed by atoms with Gasteiger partial charge < -0.3 is 10.6 Å². The first-order valence-electron chi connectivity index (χ1n) is 6.11. The Morgan fingerprint density at radius 1 is 1.19 bits per heavy atom. The molecule has 1 aromatic rings. The molecule has 1 aromatic carbocycles. The second-order valence-corrected chi connectivity index (χ2v) is 5.67. The molecule has 0 aliphatic carbocycles. The highest BCUT2D eigenvalue weighted by atomic mass is 79.9. The maximum atomic E-state index is 3.64. The average Bonchev–Trinajstić information content (AvgIpc) is 2.81. The fourth-order valence-corrected chi connectivity index (χ4v) is 3.36. The van der Waals surface area contributed by atoms with Crippen LogP contribution < -0.4 is 10.6 Å². The lowest BCUT2D eigenvalue weighted by Crippen LogP contribution is -2.33. The molecule has 0 aromatic heterocycles. The first kappa shape index (κ1) is 10.6. The van der Waals surface area contributed by atoms with E-state index in [-0.39, 0.29) is 0 Å². The minimum absolute atomic E-state index is 0.696. The topological polar surface area (TPSA) is 24.1 Å². The van der Waals surface area contributed by atoms with Crippen LogP contribution in [0.2, 0.25) is 0 Å². The summed E-state index contributed by atoms with van der Waals surface area (Å²) in [6, 6.07) is 7.34. The molecule has 1 saturated heterocycles. The molecule has 0 amide bonds. The molecule has 0 bridgehead atoms. The Hall–Kier alpha value is -0.540. The number of rotatable bonds is 1. The van der Waals surface area contributed by atoms with Crippen LogP contribution in [0.25, 0.3) is 0 Å². The van der Waals surface area contributed by atoms with Crippen LogP contribution in [-0.4, -0.2) is 19.1 Å². The van der Waals surface area contributed by atoms with Crippen molar-refractivity contribution in [2.75, 3.05) is 18.4 Å². The lowest BCUT2D eigenvalue weighted by Gasteiger charge is -2.31. The molecule has 1 fully saturated rings. The Balaban J connectivity index is 1.93. The average molecular weight is 281 g/mol. The number of nitrogens with one attached hydrogen (secondary N) is 2. The molecule has 86 valence electrons. The van der Waals surface area contributed by atoms with Crippen molar-refractivity contribution >= 4 is 21.6 Å². The molecule has 3 heteroatoms. The van der Waals surface area contributed by atoms with E-state index in [9.17, 15) is 0 Å². The van der Waals surface area contributed by atoms with Gasteiger partial charge >= 0.3 is 0 Å². The van der Waals surface area contributed by atoms with Crippen LogP contribution >= 0.6 is 15.9 Å². The van der Waals surface area contributed by atoms with E-state index < -0.39 is 0 Å². The van der Waals surface area contributed by atoms with Crippen molar-refractivity contribution < 1.29 is 0 Å². The van der Waals surface area contributed by atoms with Crippen molar-refractivity contribution in [2.45, 2.75) is 31.2 Å². The highest BCUT2D eigenvalue weighted by molar-refractivity contribution is 9.10. The molecule has 16 heavy (non-hydrogen) atoms. The highest BCUT2D eigenvalue weighted by Gasteiger charge is 2.29. The van der Waals surface area contributed by atoms with Crippen molar-refractivity contribution in [1.82, 2.24) is 5.32 Å². The standard InChI is InChI=1S/C13H17BrN2/c14-9-3-4-10-11(12-2-1-6-15-12)5-7-16-13(10)8-9/h3-4,8,11-12,15-16H,1-2,5-7H2. The van der Waals surface area contributed by atoms with Gasteiger partial charge in [-0.1, -0.05) is 22.0 Å². The second kappa shape index (κ2) is 4.38. The number of hydrogen-bond donors (Lipinski definition) is 2. The predicted octanol–water partition coefficient (Wildman–Crippen LogP) is 3.10. The SMILES string of the molecule is Brc1ccc2c(c1)NCCC2C1CCCN1. The van der Waals surface area contributed by atoms with Crippen molar-refractivity contribution in [3.63, 3.8) is 0 Å². The summed E-state index contributed by atoms with van der Waals surface area (Å²) >= 11 is 3.54. The Kier molecular flexibility index (Phi) is 2.90. The van der Waals surface area contributed by atoms with Gasteiger partial charge in [0.2, 0.25) is 0 Å². The molecule has 2 aliphatic rings. The Labute approximate surface area is 105 Å². The van der Waals surface area contributed by atoms with Crippen LogP contribution in [0, 0.1) is 0 Å². The summed E-state index contributed by atoms with van der Waals surface area (Å²) in [5.74, 6) is 0.701. The normalized spacial score (nSPS) is 28.6. The molecular weight excluding hydrogens is 264 g/mol. The van der Waals surface area contributed by atoms with Crippen LogP contribution in [0.1, 0.15) is 30.7 Å². The van der Waals surface area contributed by atoms with Gasteiger partial charge in [-0.15, -0.1) is 0 Å². The van der Waals surface area contributed by atoms with Gasteiger partial charge in [-0.2, -0.15) is 0 Å². The van der Waals surface area contributed by atoms with Gasteiger partial charge in [-0.05, 0) is 43.5 Å². The summed E-state index contributed by atoms with van der Waals surface area (Å²) in [6.07, 6.45) is 3.92. The summed E-state index contributed by atoms with van der Waals surface area (Å²) in [5, 5.41) is 7.14. The summed E-state index contributed by atoms with van der Waals surface area (Å²) in [6.45, 7) is 2.30. The van der Waals surface area contributed by atoms with E-state index in [0.717, 1.165) is 6.54 Å². The largest absolute Gasteiger partial charge is 0.385 e. The van der Waals surface area contributed by atoms with Crippen molar-refractivity contribution in [3.8, 4) is 0 Å². The summed E-state index contributed by atoms with van der Waals surface area (Å²) < 4.78 is 1.17. The van der Waals surface area contributed by atoms with Gasteiger partial charge in [-0.25, -0.2) is 0 Å². The van der Waals surface area contributed by atoms with Gasteiger partial charge in [0.25, 0.3) is 0 Å². The number of halogens is 1. The van der Waals surface area contributed by atoms with Crippen molar-refractivity contribution in [3.05, 3.63) is 28.2 Å². The van der Waals surface area contributed by atoms with E-state index in [0.29, 0.717) is 12.0 Å². The molecule has 2 N–H and O–H groups in total. The second-order valence-electron chi connectivity index (χ2n) is 4.76. The molecule has 2 atom stereocenters. The van der Waals surface area contributed by atoms with Gasteiger partial charge in [0.1, 0.15) is 0 Å². The fourth-order valence-electron chi connectivity index (χ4n) is 3.00. The lowest BCUT2D eigenvalue weighted by molar-refractivity contribution is 0.463. The zero-order valence-electron chi connectivity index (χ0n) is 9.30. The number of anilines is 1. The Bertz CT molecular complexity index is 386. The lowest BCUT2D eigenvalue weighted by atomic mass is 9.84. The summed E-state index contributed by atoms with van der Waals surface area (Å²) in [7, 11) is 0. The maximum absolute atomic E-state index is 3.64. The van der Waals surface area contributed by atoms with E-state index in [1.165, 1.54) is 41.5 Å². The number of hydrogen-bond acceptors (Lipinski definition) is 2. The van der Waals surface area contributed by atoms with Gasteiger partial charge in [0.15, 0.2) is 0 Å². The maximum Gasteiger partial charge on any atom is 0.0387 e. The van der Waals surface area contributed by atoms with Crippen LogP contribution in [0.4, 0.5) is 5.69 Å². The molecule has 0 spiro atoms. The van der Waals surface area contributed by atoms with Crippen LogP contribution in [0.15, 0.2) is 22.7 Å². The molecule has 0 saturated carbocycles. The molecule has 3 rings (SSSR count). The van der Waals surface area contributed by atoms with E-state index in [1.54, 1.807) is 0 Å². The predicted molar refractivity (Wildman–Crippen MR) is 71.0 cm³/mol. The fraction of sp³-hybridized carbons (Fsp3) is 0.538. The van der Waals surface area contributed by atoms with E-state index in [1.807, 2.05) is 0 Å². The molecule has 2 aliphatic heterocycles. The molecule has 2 nitrogen and oxygen atoms in total. The van der Waals surface area contributed by atoms with E-state index in [2.05, 4.69) is 44.8 Å². The first-order chi connectivity index (χ1) is 7.84. The zero-order chi connectivity index (χ0) is 11.0.